The predicted octanol–water partition coefficient (Wildman–Crippen LogP) is 4.01. The third-order valence-corrected chi connectivity index (χ3v) is 3.89. The number of thioether (sulfide) groups is 1. The highest BCUT2D eigenvalue weighted by Crippen LogP contribution is 2.24. The molecule has 0 aliphatic carbocycles. The minimum Gasteiger partial charge on any atom is -0.445 e. The van der Waals surface area contributed by atoms with Crippen molar-refractivity contribution in [1.82, 2.24) is 20.2 Å². The number of hydrogen-bond donors (Lipinski definition) is 1. The van der Waals surface area contributed by atoms with Gasteiger partial charge in [-0.3, -0.25) is 5.10 Å². The van der Waals surface area contributed by atoms with Gasteiger partial charge in [-0.05, 0) is 12.1 Å². The fourth-order valence-corrected chi connectivity index (χ4v) is 2.52. The monoisotopic (exact) mass is 318 g/mol. The average Bonchev–Trinajstić information content (AvgIpc) is 3.15. The molecule has 3 rings (SSSR count). The third kappa shape index (κ3) is 3.19. The number of hydrogen-bond acceptors (Lipinski definition) is 5. The average molecular weight is 318 g/mol. The first-order valence-corrected chi connectivity index (χ1v) is 7.86. The van der Waals surface area contributed by atoms with Gasteiger partial charge in [-0.25, -0.2) is 14.4 Å². The summed E-state index contributed by atoms with van der Waals surface area (Å²) in [6.45, 7) is 4.10. The van der Waals surface area contributed by atoms with Crippen molar-refractivity contribution in [2.75, 3.05) is 0 Å². The van der Waals surface area contributed by atoms with Gasteiger partial charge in [-0.15, -0.1) is 5.10 Å². The number of aromatic nitrogens is 4. The number of halogens is 1. The molecule has 0 saturated heterocycles. The van der Waals surface area contributed by atoms with Crippen molar-refractivity contribution in [3.05, 3.63) is 47.9 Å². The van der Waals surface area contributed by atoms with E-state index in [1.807, 2.05) is 13.8 Å². The summed E-state index contributed by atoms with van der Waals surface area (Å²) >= 11 is 1.39. The molecule has 2 heterocycles. The molecule has 0 atom stereocenters. The first kappa shape index (κ1) is 14.8. The molecular formula is C15H15FN4OS. The van der Waals surface area contributed by atoms with Gasteiger partial charge in [0.05, 0.1) is 17.5 Å². The lowest BCUT2D eigenvalue weighted by Crippen LogP contribution is -1.85. The maximum Gasteiger partial charge on any atom is 0.209 e. The Morgan fingerprint density at radius 3 is 2.86 bits per heavy atom. The van der Waals surface area contributed by atoms with Crippen LogP contribution < -0.4 is 0 Å². The molecule has 1 aromatic carbocycles. The molecule has 2 aromatic heterocycles. The zero-order chi connectivity index (χ0) is 15.5. The molecule has 0 amide bonds. The van der Waals surface area contributed by atoms with Crippen LogP contribution in [0, 0.1) is 5.82 Å². The van der Waals surface area contributed by atoms with E-state index >= 15 is 0 Å². The number of nitrogens with zero attached hydrogens (tertiary/aromatic N) is 3. The fraction of sp³-hybridized carbons (Fsp3) is 0.267. The molecule has 0 bridgehead atoms. The number of aromatic amines is 1. The molecule has 5 nitrogen and oxygen atoms in total. The van der Waals surface area contributed by atoms with Gasteiger partial charge >= 0.3 is 0 Å². The van der Waals surface area contributed by atoms with Crippen molar-refractivity contribution in [2.24, 2.45) is 0 Å². The Kier molecular flexibility index (Phi) is 4.24. The maximum atomic E-state index is 13.7. The summed E-state index contributed by atoms with van der Waals surface area (Å²) in [5.41, 5.74) is 0.403. The van der Waals surface area contributed by atoms with Crippen LogP contribution in [-0.4, -0.2) is 20.2 Å². The van der Waals surface area contributed by atoms with Crippen LogP contribution >= 0.6 is 11.8 Å². The Labute approximate surface area is 131 Å². The summed E-state index contributed by atoms with van der Waals surface area (Å²) in [6, 6.07) is 6.45. The lowest BCUT2D eigenvalue weighted by atomic mass is 10.2. The van der Waals surface area contributed by atoms with E-state index in [4.69, 9.17) is 4.42 Å². The summed E-state index contributed by atoms with van der Waals surface area (Å²) in [4.78, 5) is 8.50. The maximum absolute atomic E-state index is 13.7. The van der Waals surface area contributed by atoms with Crippen LogP contribution in [0.15, 0.2) is 40.0 Å². The first-order chi connectivity index (χ1) is 10.6. The van der Waals surface area contributed by atoms with Crippen molar-refractivity contribution in [1.29, 1.82) is 0 Å². The lowest BCUT2D eigenvalue weighted by molar-refractivity contribution is 0.453. The summed E-state index contributed by atoms with van der Waals surface area (Å²) in [7, 11) is 0. The summed E-state index contributed by atoms with van der Waals surface area (Å²) in [5.74, 6) is 2.41. The van der Waals surface area contributed by atoms with Crippen molar-refractivity contribution in [3.8, 4) is 11.4 Å². The highest BCUT2D eigenvalue weighted by Gasteiger charge is 2.12. The number of rotatable bonds is 5. The number of oxazole rings is 1. The fourth-order valence-electron chi connectivity index (χ4n) is 1.87. The minimum absolute atomic E-state index is 0.308. The van der Waals surface area contributed by atoms with Gasteiger partial charge in [0.15, 0.2) is 5.82 Å². The van der Waals surface area contributed by atoms with E-state index in [1.54, 1.807) is 24.4 Å². The van der Waals surface area contributed by atoms with Gasteiger partial charge in [0.2, 0.25) is 11.0 Å². The van der Waals surface area contributed by atoms with E-state index in [1.165, 1.54) is 17.8 Å². The molecule has 0 aliphatic heterocycles. The summed E-state index contributed by atoms with van der Waals surface area (Å²) < 4.78 is 19.3. The highest BCUT2D eigenvalue weighted by atomic mass is 32.2. The van der Waals surface area contributed by atoms with Gasteiger partial charge in [0.25, 0.3) is 0 Å². The second-order valence-electron chi connectivity index (χ2n) is 5.05. The molecule has 22 heavy (non-hydrogen) atoms. The van der Waals surface area contributed by atoms with Crippen LogP contribution in [0.4, 0.5) is 4.39 Å². The lowest BCUT2D eigenvalue weighted by Gasteiger charge is -1.97. The molecule has 0 saturated carbocycles. The zero-order valence-corrected chi connectivity index (χ0v) is 13.0. The molecule has 1 N–H and O–H groups in total. The zero-order valence-electron chi connectivity index (χ0n) is 12.2. The Hall–Kier alpha value is -2.15. The molecule has 0 spiro atoms. The Bertz CT molecular complexity index is 768. The minimum atomic E-state index is -0.329. The topological polar surface area (TPSA) is 67.6 Å². The van der Waals surface area contributed by atoms with Gasteiger partial charge in [-0.1, -0.05) is 37.7 Å². The smallest absolute Gasteiger partial charge is 0.209 e. The Morgan fingerprint density at radius 2 is 2.14 bits per heavy atom. The van der Waals surface area contributed by atoms with Gasteiger partial charge in [-0.2, -0.15) is 0 Å². The van der Waals surface area contributed by atoms with Crippen LogP contribution in [-0.2, 0) is 5.75 Å². The predicted molar refractivity (Wildman–Crippen MR) is 81.9 cm³/mol. The first-order valence-electron chi connectivity index (χ1n) is 6.88. The van der Waals surface area contributed by atoms with E-state index in [9.17, 15) is 4.39 Å². The van der Waals surface area contributed by atoms with Crippen LogP contribution in [0.25, 0.3) is 11.4 Å². The SMILES string of the molecule is CC(C)c1cnc(CSc2n[nH]c(-c3ccccc3F)n2)o1. The van der Waals surface area contributed by atoms with Gasteiger partial charge < -0.3 is 4.42 Å². The molecule has 0 aliphatic rings. The van der Waals surface area contributed by atoms with Crippen LogP contribution in [0.5, 0.6) is 0 Å². The van der Waals surface area contributed by atoms with Crippen LogP contribution in [0.2, 0.25) is 0 Å². The quantitative estimate of drug-likeness (QED) is 0.720. The van der Waals surface area contributed by atoms with E-state index in [-0.39, 0.29) is 5.82 Å². The highest BCUT2D eigenvalue weighted by molar-refractivity contribution is 7.98. The second kappa shape index (κ2) is 6.31. The normalized spacial score (nSPS) is 11.3. The summed E-state index contributed by atoms with van der Waals surface area (Å²) in [6.07, 6.45) is 1.74. The Balaban J connectivity index is 1.68. The van der Waals surface area contributed by atoms with Crippen molar-refractivity contribution < 1.29 is 8.81 Å². The van der Waals surface area contributed by atoms with Crippen molar-refractivity contribution in [3.63, 3.8) is 0 Å². The second-order valence-corrected chi connectivity index (χ2v) is 5.99. The van der Waals surface area contributed by atoms with Crippen molar-refractivity contribution >= 4 is 11.8 Å². The van der Waals surface area contributed by atoms with Gasteiger partial charge in [0.1, 0.15) is 11.6 Å². The molecular weight excluding hydrogens is 303 g/mol. The number of H-pyrrole nitrogens is 1. The van der Waals surface area contributed by atoms with E-state index in [0.717, 1.165) is 5.76 Å². The molecule has 0 fully saturated rings. The molecule has 3 aromatic rings. The summed E-state index contributed by atoms with van der Waals surface area (Å²) in [5, 5.41) is 7.36. The van der Waals surface area contributed by atoms with Crippen LogP contribution in [0.1, 0.15) is 31.4 Å². The van der Waals surface area contributed by atoms with E-state index in [2.05, 4.69) is 20.2 Å². The largest absolute Gasteiger partial charge is 0.445 e. The van der Waals surface area contributed by atoms with Gasteiger partial charge in [0, 0.05) is 5.92 Å². The van der Waals surface area contributed by atoms with E-state index < -0.39 is 0 Å². The molecule has 0 unspecified atom stereocenters. The molecule has 114 valence electrons. The van der Waals surface area contributed by atoms with E-state index in [0.29, 0.717) is 34.1 Å². The Morgan fingerprint density at radius 1 is 1.32 bits per heavy atom. The number of nitrogens with one attached hydrogen (secondary N) is 1. The molecule has 7 heteroatoms. The van der Waals surface area contributed by atoms with Crippen LogP contribution in [0.3, 0.4) is 0 Å². The molecule has 0 radical (unpaired) electrons. The van der Waals surface area contributed by atoms with Crippen molar-refractivity contribution in [2.45, 2.75) is 30.7 Å². The third-order valence-electron chi connectivity index (χ3n) is 3.06. The standard InChI is InChI=1S/C15H15FN4OS/c1-9(2)12-7-17-13(21-12)8-22-15-18-14(19-20-15)10-5-3-4-6-11(10)16/h3-7,9H,8H2,1-2H3,(H,18,19,20). The number of benzene rings is 1.